The molecule has 0 amide bonds. The predicted molar refractivity (Wildman–Crippen MR) is 76.8 cm³/mol. The molecule has 1 aliphatic heterocycles. The van der Waals surface area contributed by atoms with Crippen molar-refractivity contribution in [2.24, 2.45) is 23.7 Å². The first kappa shape index (κ1) is 12.7. The second-order valence-corrected chi connectivity index (χ2v) is 7.18. The largest absolute Gasteiger partial charge is 0.466 e. The van der Waals surface area contributed by atoms with Gasteiger partial charge in [-0.3, -0.25) is 4.79 Å². The highest BCUT2D eigenvalue weighted by atomic mass is 16.6. The van der Waals surface area contributed by atoms with E-state index >= 15 is 0 Å². The van der Waals surface area contributed by atoms with Crippen molar-refractivity contribution in [2.45, 2.75) is 30.3 Å². The summed E-state index contributed by atoms with van der Waals surface area (Å²) in [4.78, 5) is 25.3. The lowest BCUT2D eigenvalue weighted by atomic mass is 9.36. The molecule has 0 radical (unpaired) electrons. The van der Waals surface area contributed by atoms with Crippen LogP contribution in [0.2, 0.25) is 0 Å². The van der Waals surface area contributed by atoms with E-state index in [1.54, 1.807) is 0 Å². The Kier molecular flexibility index (Phi) is 2.15. The summed E-state index contributed by atoms with van der Waals surface area (Å²) in [7, 11) is 1.39. The minimum Gasteiger partial charge on any atom is -0.466 e. The number of carbonyl (C=O) groups excluding carboxylic acids is 2. The summed E-state index contributed by atoms with van der Waals surface area (Å²) < 4.78 is 10.7. The number of ether oxygens (including phenoxy) is 2. The molecule has 6 atom stereocenters. The average molecular weight is 298 g/mol. The normalized spacial score (nSPS) is 46.9. The minimum atomic E-state index is -1.06. The van der Waals surface area contributed by atoms with Crippen LogP contribution in [-0.2, 0) is 24.5 Å². The Balaban J connectivity index is 1.73. The van der Waals surface area contributed by atoms with Crippen LogP contribution in [0, 0.1) is 23.7 Å². The van der Waals surface area contributed by atoms with E-state index in [0.717, 1.165) is 18.4 Å². The molecule has 4 heteroatoms. The van der Waals surface area contributed by atoms with Crippen molar-refractivity contribution in [1.29, 1.82) is 0 Å². The van der Waals surface area contributed by atoms with Crippen molar-refractivity contribution in [3.63, 3.8) is 0 Å². The molecule has 1 heterocycles. The fourth-order valence-electron chi connectivity index (χ4n) is 6.25. The van der Waals surface area contributed by atoms with Crippen molar-refractivity contribution < 1.29 is 19.1 Å². The molecule has 5 rings (SSSR count). The van der Waals surface area contributed by atoms with Gasteiger partial charge in [-0.15, -0.1) is 0 Å². The molecule has 4 fully saturated rings. The minimum absolute atomic E-state index is 0.150. The predicted octanol–water partition coefficient (Wildman–Crippen LogP) is 2.07. The van der Waals surface area contributed by atoms with Gasteiger partial charge in [0.25, 0.3) is 0 Å². The number of benzene rings is 1. The van der Waals surface area contributed by atoms with Crippen LogP contribution in [0.4, 0.5) is 0 Å². The molecule has 2 bridgehead atoms. The smallest absolute Gasteiger partial charge is 0.352 e. The molecule has 3 saturated carbocycles. The summed E-state index contributed by atoms with van der Waals surface area (Å²) in [5.74, 6) is 0.827. The van der Waals surface area contributed by atoms with Gasteiger partial charge in [0.15, 0.2) is 0 Å². The van der Waals surface area contributed by atoms with Crippen molar-refractivity contribution in [1.82, 2.24) is 0 Å². The van der Waals surface area contributed by atoms with E-state index in [9.17, 15) is 9.59 Å². The van der Waals surface area contributed by atoms with Gasteiger partial charge in [0, 0.05) is 5.92 Å². The second kappa shape index (κ2) is 3.73. The Labute approximate surface area is 128 Å². The number of rotatable bonds is 2. The second-order valence-electron chi connectivity index (χ2n) is 7.18. The maximum atomic E-state index is 12.6. The summed E-state index contributed by atoms with van der Waals surface area (Å²) >= 11 is 0. The Hall–Kier alpha value is -1.84. The number of methoxy groups -OCH3 is 1. The maximum Gasteiger partial charge on any atom is 0.352 e. The molecule has 0 spiro atoms. The summed E-state index contributed by atoms with van der Waals surface area (Å²) in [5.41, 5.74) is -0.943. The van der Waals surface area contributed by atoms with Crippen LogP contribution in [0.15, 0.2) is 30.3 Å². The summed E-state index contributed by atoms with van der Waals surface area (Å²) in [6.45, 7) is 0. The Morgan fingerprint density at radius 1 is 1.18 bits per heavy atom. The van der Waals surface area contributed by atoms with Crippen LogP contribution in [-0.4, -0.2) is 24.6 Å². The van der Waals surface area contributed by atoms with Crippen LogP contribution < -0.4 is 0 Å². The molecule has 0 N–H and O–H groups in total. The number of hydrogen-bond donors (Lipinski definition) is 0. The molecule has 114 valence electrons. The monoisotopic (exact) mass is 298 g/mol. The first-order chi connectivity index (χ1) is 10.7. The van der Waals surface area contributed by atoms with Gasteiger partial charge in [-0.1, -0.05) is 30.3 Å². The highest BCUT2D eigenvalue weighted by Crippen LogP contribution is 2.79. The highest BCUT2D eigenvalue weighted by molar-refractivity contribution is 6.06. The van der Waals surface area contributed by atoms with Gasteiger partial charge >= 0.3 is 11.9 Å². The maximum absolute atomic E-state index is 12.6. The zero-order chi connectivity index (χ0) is 15.1. The lowest BCUT2D eigenvalue weighted by molar-refractivity contribution is -0.311. The molecule has 3 aliphatic carbocycles. The van der Waals surface area contributed by atoms with Gasteiger partial charge < -0.3 is 9.47 Å². The fraction of sp³-hybridized carbons (Fsp3) is 0.556. The van der Waals surface area contributed by atoms with E-state index < -0.39 is 11.0 Å². The van der Waals surface area contributed by atoms with E-state index in [2.05, 4.69) is 0 Å². The standard InChI is InChI=1S/C18H18O4/c1-21-16(20)18-14-11-8-7-10(9-11)13(14)17(18,15(19)22-18)12-5-3-2-4-6-12/h2-6,10-11,13-14H,7-9H2,1H3/t10-,11+,13+,14-,17+,18-/m0/s1. The van der Waals surface area contributed by atoms with E-state index in [1.165, 1.54) is 13.5 Å². The van der Waals surface area contributed by atoms with Crippen molar-refractivity contribution in [2.75, 3.05) is 7.11 Å². The van der Waals surface area contributed by atoms with E-state index in [-0.39, 0.29) is 23.8 Å². The van der Waals surface area contributed by atoms with Gasteiger partial charge in [0.2, 0.25) is 5.60 Å². The highest BCUT2D eigenvalue weighted by Gasteiger charge is 2.93. The molecule has 0 aromatic heterocycles. The Morgan fingerprint density at radius 2 is 1.86 bits per heavy atom. The Morgan fingerprint density at radius 3 is 2.50 bits per heavy atom. The SMILES string of the molecule is COC(=O)[C@]12OC(=O)[C@@]1(c1ccccc1)[C@@H]1[C@H]3CC[C@H](C3)[C@@H]12. The summed E-state index contributed by atoms with van der Waals surface area (Å²) in [6.07, 6.45) is 3.44. The van der Waals surface area contributed by atoms with Crippen LogP contribution in [0.1, 0.15) is 24.8 Å². The van der Waals surface area contributed by atoms with Crippen LogP contribution in [0.3, 0.4) is 0 Å². The third-order valence-corrected chi connectivity index (χ3v) is 6.77. The van der Waals surface area contributed by atoms with E-state index in [0.29, 0.717) is 11.8 Å². The summed E-state index contributed by atoms with van der Waals surface area (Å²) in [5, 5.41) is 0. The molecular weight excluding hydrogens is 280 g/mol. The lowest BCUT2D eigenvalue weighted by Crippen LogP contribution is -2.89. The first-order valence-electron chi connectivity index (χ1n) is 8.05. The van der Waals surface area contributed by atoms with Gasteiger partial charge in [-0.05, 0) is 42.6 Å². The quantitative estimate of drug-likeness (QED) is 0.784. The fourth-order valence-corrected chi connectivity index (χ4v) is 6.25. The van der Waals surface area contributed by atoms with Crippen LogP contribution in [0.25, 0.3) is 0 Å². The van der Waals surface area contributed by atoms with Crippen LogP contribution in [0.5, 0.6) is 0 Å². The molecule has 22 heavy (non-hydrogen) atoms. The third kappa shape index (κ3) is 0.999. The average Bonchev–Trinajstić information content (AvgIpc) is 3.12. The van der Waals surface area contributed by atoms with Crippen LogP contribution >= 0.6 is 0 Å². The first-order valence-corrected chi connectivity index (χ1v) is 8.05. The number of esters is 2. The summed E-state index contributed by atoms with van der Waals surface area (Å²) in [6, 6.07) is 9.71. The third-order valence-electron chi connectivity index (χ3n) is 6.77. The Bertz CT molecular complexity index is 684. The van der Waals surface area contributed by atoms with Crippen molar-refractivity contribution >= 4 is 11.9 Å². The van der Waals surface area contributed by atoms with Crippen molar-refractivity contribution in [3.05, 3.63) is 35.9 Å². The lowest BCUT2D eigenvalue weighted by Gasteiger charge is -2.72. The van der Waals surface area contributed by atoms with E-state index in [1.807, 2.05) is 30.3 Å². The number of hydrogen-bond acceptors (Lipinski definition) is 4. The molecule has 0 unspecified atom stereocenters. The van der Waals surface area contributed by atoms with Gasteiger partial charge in [0.1, 0.15) is 5.41 Å². The molecular formula is C18H18O4. The van der Waals surface area contributed by atoms with Gasteiger partial charge in [-0.25, -0.2) is 4.79 Å². The van der Waals surface area contributed by atoms with E-state index in [4.69, 9.17) is 9.47 Å². The molecule has 4 aliphatic rings. The zero-order valence-corrected chi connectivity index (χ0v) is 12.5. The number of carbonyl (C=O) groups is 2. The molecule has 4 nitrogen and oxygen atoms in total. The molecule has 1 aromatic rings. The molecule has 1 aromatic carbocycles. The van der Waals surface area contributed by atoms with Gasteiger partial charge in [0.05, 0.1) is 7.11 Å². The molecule has 1 saturated heterocycles. The van der Waals surface area contributed by atoms with Gasteiger partial charge in [-0.2, -0.15) is 0 Å². The topological polar surface area (TPSA) is 52.6 Å². The number of fused-ring (bicyclic) bond motifs is 8. The zero-order valence-electron chi connectivity index (χ0n) is 12.5. The van der Waals surface area contributed by atoms with Crippen molar-refractivity contribution in [3.8, 4) is 0 Å².